The first-order valence-electron chi connectivity index (χ1n) is 9.53. The molecular weight excluding hydrogens is 416 g/mol. The molecule has 0 heterocycles. The maximum Gasteiger partial charge on any atom is 0.289 e. The minimum absolute atomic E-state index is 0.157. The highest BCUT2D eigenvalue weighted by atomic mass is 16.6. The molecule has 0 aliphatic heterocycles. The van der Waals surface area contributed by atoms with Gasteiger partial charge in [-0.25, -0.2) is 0 Å². The number of amides is 2. The maximum atomic E-state index is 13.2. The number of hydrogen-bond acceptors (Lipinski definition) is 6. The first-order valence-corrected chi connectivity index (χ1v) is 9.53. The fourth-order valence-electron chi connectivity index (χ4n) is 3.14. The van der Waals surface area contributed by atoms with Gasteiger partial charge in [0.15, 0.2) is 0 Å². The highest BCUT2D eigenvalue weighted by Crippen LogP contribution is 2.27. The summed E-state index contributed by atoms with van der Waals surface area (Å²) >= 11 is 0. The van der Waals surface area contributed by atoms with Crippen molar-refractivity contribution >= 4 is 34.6 Å². The Bertz CT molecular complexity index is 1200. The van der Waals surface area contributed by atoms with E-state index in [0.29, 0.717) is 12.2 Å². The molecule has 10 heteroatoms. The van der Waals surface area contributed by atoms with Gasteiger partial charge in [0.25, 0.3) is 23.2 Å². The van der Waals surface area contributed by atoms with Crippen molar-refractivity contribution in [3.05, 3.63) is 104 Å². The summed E-state index contributed by atoms with van der Waals surface area (Å²) in [6.07, 6.45) is 0. The minimum Gasteiger partial charge on any atom is -0.321 e. The molecule has 3 aromatic carbocycles. The third-order valence-electron chi connectivity index (χ3n) is 4.67. The quantitative estimate of drug-likeness (QED) is 0.432. The van der Waals surface area contributed by atoms with E-state index in [4.69, 9.17) is 0 Å². The van der Waals surface area contributed by atoms with Crippen LogP contribution in [-0.4, -0.2) is 28.2 Å². The lowest BCUT2D eigenvalue weighted by Crippen LogP contribution is -2.31. The average molecular weight is 434 g/mol. The van der Waals surface area contributed by atoms with Gasteiger partial charge in [-0.2, -0.15) is 0 Å². The van der Waals surface area contributed by atoms with Crippen LogP contribution in [0.3, 0.4) is 0 Å². The Balaban J connectivity index is 1.95. The van der Waals surface area contributed by atoms with Gasteiger partial charge in [0.1, 0.15) is 5.56 Å². The Labute approximate surface area is 182 Å². The third-order valence-corrected chi connectivity index (χ3v) is 4.67. The van der Waals surface area contributed by atoms with Crippen molar-refractivity contribution in [3.8, 4) is 0 Å². The smallest absolute Gasteiger partial charge is 0.289 e. The van der Waals surface area contributed by atoms with E-state index in [0.717, 1.165) is 18.2 Å². The lowest BCUT2D eigenvalue weighted by molar-refractivity contribution is -0.394. The molecule has 0 saturated heterocycles. The molecule has 3 aromatic rings. The topological polar surface area (TPSA) is 136 Å². The predicted molar refractivity (Wildman–Crippen MR) is 118 cm³/mol. The maximum absolute atomic E-state index is 13.2. The number of nitro groups is 2. The zero-order valence-corrected chi connectivity index (χ0v) is 16.9. The van der Waals surface area contributed by atoms with Gasteiger partial charge in [-0.1, -0.05) is 30.3 Å². The van der Waals surface area contributed by atoms with Crippen molar-refractivity contribution < 1.29 is 19.4 Å². The van der Waals surface area contributed by atoms with Crippen LogP contribution in [0.2, 0.25) is 0 Å². The molecule has 2 amide bonds. The van der Waals surface area contributed by atoms with Crippen LogP contribution >= 0.6 is 0 Å². The second-order valence-corrected chi connectivity index (χ2v) is 6.60. The fourth-order valence-corrected chi connectivity index (χ4v) is 3.14. The molecule has 10 nitrogen and oxygen atoms in total. The Morgan fingerprint density at radius 2 is 1.53 bits per heavy atom. The molecule has 0 unspecified atom stereocenters. The van der Waals surface area contributed by atoms with E-state index < -0.39 is 27.1 Å². The van der Waals surface area contributed by atoms with E-state index >= 15 is 0 Å². The summed E-state index contributed by atoms with van der Waals surface area (Å²) in [4.78, 5) is 48.1. The normalized spacial score (nSPS) is 10.3. The number of para-hydroxylation sites is 2. The molecule has 0 radical (unpaired) electrons. The summed E-state index contributed by atoms with van der Waals surface area (Å²) in [5.41, 5.74) is -0.559. The molecule has 162 valence electrons. The molecule has 0 aliphatic rings. The standard InChI is InChI=1S/C22H18N4O6/c1-2-24(15-8-4-3-5-9-15)22(28)17-10-6-7-11-19(17)23-21(27)18-13-12-16(25(29)30)14-20(18)26(31)32/h3-14H,2H2,1H3,(H,23,27). The first-order chi connectivity index (χ1) is 15.3. The summed E-state index contributed by atoms with van der Waals surface area (Å²) in [5, 5.41) is 24.8. The van der Waals surface area contributed by atoms with Crippen molar-refractivity contribution in [1.82, 2.24) is 0 Å². The van der Waals surface area contributed by atoms with Gasteiger partial charge in [0.2, 0.25) is 0 Å². The van der Waals surface area contributed by atoms with Crippen LogP contribution in [0.5, 0.6) is 0 Å². The number of carbonyl (C=O) groups excluding carboxylic acids is 2. The summed E-state index contributed by atoms with van der Waals surface area (Å²) in [6.45, 7) is 2.19. The molecule has 32 heavy (non-hydrogen) atoms. The van der Waals surface area contributed by atoms with Crippen LogP contribution in [-0.2, 0) is 0 Å². The van der Waals surface area contributed by atoms with Crippen LogP contribution in [0.25, 0.3) is 0 Å². The van der Waals surface area contributed by atoms with Crippen molar-refractivity contribution in [2.75, 3.05) is 16.8 Å². The molecule has 0 bridgehead atoms. The SMILES string of the molecule is CCN(C(=O)c1ccccc1NC(=O)c1ccc([N+](=O)[O-])cc1[N+](=O)[O-])c1ccccc1. The van der Waals surface area contributed by atoms with E-state index in [2.05, 4.69) is 5.32 Å². The predicted octanol–water partition coefficient (Wildman–Crippen LogP) is 4.42. The Kier molecular flexibility index (Phi) is 6.54. The van der Waals surface area contributed by atoms with Crippen molar-refractivity contribution in [2.45, 2.75) is 6.92 Å². The largest absolute Gasteiger partial charge is 0.321 e. The zero-order chi connectivity index (χ0) is 23.3. The second-order valence-electron chi connectivity index (χ2n) is 6.60. The molecule has 0 fully saturated rings. The monoisotopic (exact) mass is 434 g/mol. The number of non-ortho nitro benzene ring substituents is 1. The van der Waals surface area contributed by atoms with Crippen molar-refractivity contribution in [1.29, 1.82) is 0 Å². The van der Waals surface area contributed by atoms with Gasteiger partial charge in [0, 0.05) is 18.3 Å². The van der Waals surface area contributed by atoms with Crippen LogP contribution in [0.4, 0.5) is 22.7 Å². The van der Waals surface area contributed by atoms with Gasteiger partial charge >= 0.3 is 0 Å². The van der Waals surface area contributed by atoms with Gasteiger partial charge in [-0.05, 0) is 37.3 Å². The Hall–Kier alpha value is -4.60. The highest BCUT2D eigenvalue weighted by molar-refractivity contribution is 6.14. The number of nitrogens with one attached hydrogen (secondary N) is 1. The lowest BCUT2D eigenvalue weighted by Gasteiger charge is -2.22. The summed E-state index contributed by atoms with van der Waals surface area (Å²) in [6, 6.07) is 18.0. The molecule has 3 rings (SSSR count). The van der Waals surface area contributed by atoms with Crippen molar-refractivity contribution in [2.24, 2.45) is 0 Å². The molecule has 1 N–H and O–H groups in total. The number of carbonyl (C=O) groups is 2. The molecular formula is C22H18N4O6. The van der Waals surface area contributed by atoms with Gasteiger partial charge < -0.3 is 10.2 Å². The van der Waals surface area contributed by atoms with Gasteiger partial charge in [-0.3, -0.25) is 29.8 Å². The molecule has 0 saturated carbocycles. The Morgan fingerprint density at radius 3 is 2.16 bits per heavy atom. The first kappa shape index (κ1) is 22.1. The minimum atomic E-state index is -0.868. The third kappa shape index (κ3) is 4.59. The molecule has 0 spiro atoms. The molecule has 0 atom stereocenters. The summed E-state index contributed by atoms with van der Waals surface area (Å²) < 4.78 is 0. The van der Waals surface area contributed by atoms with E-state index in [1.54, 1.807) is 36.4 Å². The lowest BCUT2D eigenvalue weighted by atomic mass is 10.1. The van der Waals surface area contributed by atoms with Crippen LogP contribution < -0.4 is 10.2 Å². The van der Waals surface area contributed by atoms with E-state index in [-0.39, 0.29) is 22.7 Å². The number of rotatable bonds is 7. The van der Waals surface area contributed by atoms with Crippen molar-refractivity contribution in [3.63, 3.8) is 0 Å². The highest BCUT2D eigenvalue weighted by Gasteiger charge is 2.26. The van der Waals surface area contributed by atoms with E-state index in [9.17, 15) is 29.8 Å². The second kappa shape index (κ2) is 9.47. The number of hydrogen-bond donors (Lipinski definition) is 1. The number of nitrogens with zero attached hydrogens (tertiary/aromatic N) is 3. The number of benzene rings is 3. The van der Waals surface area contributed by atoms with Gasteiger partial charge in [0.05, 0.1) is 27.2 Å². The van der Waals surface area contributed by atoms with Crippen LogP contribution in [0.15, 0.2) is 72.8 Å². The average Bonchev–Trinajstić information content (AvgIpc) is 2.80. The summed E-state index contributed by atoms with van der Waals surface area (Å²) in [5.74, 6) is -1.23. The van der Waals surface area contributed by atoms with Crippen LogP contribution in [0, 0.1) is 20.2 Å². The molecule has 0 aromatic heterocycles. The van der Waals surface area contributed by atoms with Crippen LogP contribution in [0.1, 0.15) is 27.6 Å². The molecule has 0 aliphatic carbocycles. The number of nitro benzene ring substituents is 2. The fraction of sp³-hybridized carbons (Fsp3) is 0.0909. The Morgan fingerprint density at radius 1 is 0.875 bits per heavy atom. The zero-order valence-electron chi connectivity index (χ0n) is 16.9. The number of anilines is 2. The van der Waals surface area contributed by atoms with Gasteiger partial charge in [-0.15, -0.1) is 0 Å². The summed E-state index contributed by atoms with van der Waals surface area (Å²) in [7, 11) is 0. The van der Waals surface area contributed by atoms with E-state index in [1.165, 1.54) is 17.0 Å². The van der Waals surface area contributed by atoms with E-state index in [1.807, 2.05) is 13.0 Å².